The Morgan fingerprint density at radius 1 is 1.43 bits per heavy atom. The van der Waals surface area contributed by atoms with Crippen LogP contribution in [-0.2, 0) is 17.7 Å². The molecular weight excluding hydrogens is 264 g/mol. The fraction of sp³-hybridized carbons (Fsp3) is 0.353. The third-order valence-electron chi connectivity index (χ3n) is 4.22. The monoisotopic (exact) mass is 284 g/mol. The van der Waals surface area contributed by atoms with Crippen LogP contribution in [0.3, 0.4) is 0 Å². The molecule has 0 saturated carbocycles. The summed E-state index contributed by atoms with van der Waals surface area (Å²) in [5, 5.41) is 0. The first kappa shape index (κ1) is 13.7. The molecule has 1 heterocycles. The van der Waals surface area contributed by atoms with Crippen LogP contribution in [0.1, 0.15) is 40.4 Å². The van der Waals surface area contributed by atoms with Crippen molar-refractivity contribution in [3.63, 3.8) is 0 Å². The Kier molecular flexibility index (Phi) is 3.69. The Bertz CT molecular complexity index is 661. The van der Waals surface area contributed by atoms with Gasteiger partial charge in [0.2, 0.25) is 0 Å². The highest BCUT2D eigenvalue weighted by atomic mass is 16.5. The third-order valence-corrected chi connectivity index (χ3v) is 4.22. The number of anilines is 1. The van der Waals surface area contributed by atoms with Crippen molar-refractivity contribution < 1.29 is 9.53 Å². The molecular formula is C17H20N2O2. The molecule has 0 aliphatic heterocycles. The van der Waals surface area contributed by atoms with E-state index < -0.39 is 0 Å². The number of aromatic nitrogens is 1. The fourth-order valence-electron chi connectivity index (χ4n) is 3.24. The standard InChI is InChI=1S/C17H20N2O2/c1-21-17(20)16-9-14(18)11-19(16)10-13-7-4-6-12-5-2-3-8-15(12)13/h2-3,5,8-9,11,13H,4,6-7,10,18H2,1H3. The second kappa shape index (κ2) is 5.64. The van der Waals surface area contributed by atoms with Crippen LogP contribution in [0, 0.1) is 0 Å². The molecule has 110 valence electrons. The van der Waals surface area contributed by atoms with Gasteiger partial charge in [-0.2, -0.15) is 0 Å². The number of methoxy groups -OCH3 is 1. The van der Waals surface area contributed by atoms with Crippen molar-refractivity contribution in [3.05, 3.63) is 53.3 Å². The van der Waals surface area contributed by atoms with Gasteiger partial charge in [-0.05, 0) is 36.5 Å². The molecule has 0 amide bonds. The van der Waals surface area contributed by atoms with E-state index in [1.807, 2.05) is 10.8 Å². The lowest BCUT2D eigenvalue weighted by molar-refractivity contribution is 0.0588. The maximum absolute atomic E-state index is 11.8. The van der Waals surface area contributed by atoms with Crippen LogP contribution in [0.2, 0.25) is 0 Å². The summed E-state index contributed by atoms with van der Waals surface area (Å²) in [6.45, 7) is 0.763. The Labute approximate surface area is 124 Å². The number of carbonyl (C=O) groups excluding carboxylic acids is 1. The van der Waals surface area contributed by atoms with E-state index in [1.165, 1.54) is 24.7 Å². The Balaban J connectivity index is 1.90. The summed E-state index contributed by atoms with van der Waals surface area (Å²) in [5.41, 5.74) is 9.79. The number of fused-ring (bicyclic) bond motifs is 1. The quantitative estimate of drug-likeness (QED) is 0.882. The molecule has 1 aromatic heterocycles. The van der Waals surface area contributed by atoms with Gasteiger partial charge in [0.05, 0.1) is 12.8 Å². The highest BCUT2D eigenvalue weighted by molar-refractivity contribution is 5.88. The van der Waals surface area contributed by atoms with Gasteiger partial charge < -0.3 is 15.0 Å². The van der Waals surface area contributed by atoms with Gasteiger partial charge in [0.25, 0.3) is 0 Å². The molecule has 1 aliphatic carbocycles. The fourth-order valence-corrected chi connectivity index (χ4v) is 3.24. The summed E-state index contributed by atoms with van der Waals surface area (Å²) in [5.74, 6) is 0.0842. The highest BCUT2D eigenvalue weighted by Gasteiger charge is 2.22. The van der Waals surface area contributed by atoms with Crippen LogP contribution in [0.15, 0.2) is 36.5 Å². The van der Waals surface area contributed by atoms with Crippen molar-refractivity contribution in [2.75, 3.05) is 12.8 Å². The van der Waals surface area contributed by atoms with Crippen molar-refractivity contribution in [1.29, 1.82) is 0 Å². The van der Waals surface area contributed by atoms with Crippen molar-refractivity contribution in [3.8, 4) is 0 Å². The summed E-state index contributed by atoms with van der Waals surface area (Å²) < 4.78 is 6.76. The predicted octanol–water partition coefficient (Wildman–Crippen LogP) is 2.98. The van der Waals surface area contributed by atoms with Crippen LogP contribution in [0.4, 0.5) is 5.69 Å². The van der Waals surface area contributed by atoms with Crippen molar-refractivity contribution >= 4 is 11.7 Å². The molecule has 0 spiro atoms. The normalized spacial score (nSPS) is 17.3. The van der Waals surface area contributed by atoms with Crippen molar-refractivity contribution in [2.24, 2.45) is 0 Å². The maximum atomic E-state index is 11.8. The van der Waals surface area contributed by atoms with Gasteiger partial charge in [-0.15, -0.1) is 0 Å². The topological polar surface area (TPSA) is 57.2 Å². The summed E-state index contributed by atoms with van der Waals surface area (Å²) in [7, 11) is 1.39. The number of benzene rings is 1. The van der Waals surface area contributed by atoms with E-state index in [0.717, 1.165) is 19.4 Å². The number of ether oxygens (including phenoxy) is 1. The minimum absolute atomic E-state index is 0.337. The molecule has 4 heteroatoms. The van der Waals surface area contributed by atoms with Gasteiger partial charge in [-0.3, -0.25) is 0 Å². The first-order valence-corrected chi connectivity index (χ1v) is 7.31. The molecule has 21 heavy (non-hydrogen) atoms. The van der Waals surface area contributed by atoms with E-state index in [9.17, 15) is 4.79 Å². The predicted molar refractivity (Wildman–Crippen MR) is 82.3 cm³/mol. The zero-order valence-corrected chi connectivity index (χ0v) is 12.2. The van der Waals surface area contributed by atoms with Crippen molar-refractivity contribution in [1.82, 2.24) is 4.57 Å². The zero-order chi connectivity index (χ0) is 14.8. The number of esters is 1. The smallest absolute Gasteiger partial charge is 0.354 e. The van der Waals surface area contributed by atoms with Gasteiger partial charge in [-0.25, -0.2) is 4.79 Å². The number of nitrogens with zero attached hydrogens (tertiary/aromatic N) is 1. The molecule has 0 bridgehead atoms. The molecule has 0 radical (unpaired) electrons. The van der Waals surface area contributed by atoms with Crippen molar-refractivity contribution in [2.45, 2.75) is 31.7 Å². The first-order valence-electron chi connectivity index (χ1n) is 7.31. The number of rotatable bonds is 3. The number of nitrogens with two attached hydrogens (primary N) is 1. The van der Waals surface area contributed by atoms with Crippen LogP contribution in [0.25, 0.3) is 0 Å². The number of carbonyl (C=O) groups is 1. The van der Waals surface area contributed by atoms with Crippen LogP contribution < -0.4 is 5.73 Å². The SMILES string of the molecule is COC(=O)c1cc(N)cn1CC1CCCc2ccccc21. The molecule has 0 saturated heterocycles. The zero-order valence-electron chi connectivity index (χ0n) is 12.2. The van der Waals surface area contributed by atoms with Gasteiger partial charge in [-0.1, -0.05) is 24.3 Å². The lowest BCUT2D eigenvalue weighted by atomic mass is 9.83. The van der Waals surface area contributed by atoms with Gasteiger partial charge in [0.15, 0.2) is 0 Å². The minimum Gasteiger partial charge on any atom is -0.464 e. The second-order valence-corrected chi connectivity index (χ2v) is 5.59. The minimum atomic E-state index is -0.337. The Hall–Kier alpha value is -2.23. The molecule has 1 unspecified atom stereocenters. The van der Waals surface area contributed by atoms with E-state index in [0.29, 0.717) is 17.3 Å². The van der Waals surface area contributed by atoms with E-state index in [4.69, 9.17) is 10.5 Å². The van der Waals surface area contributed by atoms with Gasteiger partial charge in [0, 0.05) is 18.7 Å². The number of aryl methyl sites for hydroxylation is 1. The summed E-state index contributed by atoms with van der Waals surface area (Å²) in [6.07, 6.45) is 5.29. The third kappa shape index (κ3) is 2.66. The molecule has 1 atom stereocenters. The molecule has 4 nitrogen and oxygen atoms in total. The maximum Gasteiger partial charge on any atom is 0.354 e. The van der Waals surface area contributed by atoms with E-state index in [2.05, 4.69) is 24.3 Å². The number of hydrogen-bond donors (Lipinski definition) is 1. The van der Waals surface area contributed by atoms with E-state index in [-0.39, 0.29) is 5.97 Å². The summed E-state index contributed by atoms with van der Waals surface area (Å²) in [6, 6.07) is 10.3. The average molecular weight is 284 g/mol. The van der Waals surface area contributed by atoms with Crippen LogP contribution >= 0.6 is 0 Å². The summed E-state index contributed by atoms with van der Waals surface area (Å²) >= 11 is 0. The average Bonchev–Trinajstić information content (AvgIpc) is 2.87. The second-order valence-electron chi connectivity index (χ2n) is 5.59. The van der Waals surface area contributed by atoms with Gasteiger partial charge >= 0.3 is 5.97 Å². The molecule has 2 aromatic rings. The molecule has 1 aliphatic rings. The lowest BCUT2D eigenvalue weighted by Crippen LogP contribution is -2.18. The van der Waals surface area contributed by atoms with Crippen LogP contribution in [0.5, 0.6) is 0 Å². The highest BCUT2D eigenvalue weighted by Crippen LogP contribution is 2.33. The molecule has 2 N–H and O–H groups in total. The van der Waals surface area contributed by atoms with Gasteiger partial charge in [0.1, 0.15) is 5.69 Å². The molecule has 0 fully saturated rings. The van der Waals surface area contributed by atoms with E-state index >= 15 is 0 Å². The number of nitrogen functional groups attached to an aromatic ring is 1. The number of hydrogen-bond acceptors (Lipinski definition) is 3. The Morgan fingerprint density at radius 2 is 2.24 bits per heavy atom. The largest absolute Gasteiger partial charge is 0.464 e. The summed E-state index contributed by atoms with van der Waals surface area (Å²) in [4.78, 5) is 11.8. The Morgan fingerprint density at radius 3 is 3.05 bits per heavy atom. The van der Waals surface area contributed by atoms with Crippen LogP contribution in [-0.4, -0.2) is 17.6 Å². The lowest BCUT2D eigenvalue weighted by Gasteiger charge is -2.26. The molecule has 1 aromatic carbocycles. The first-order chi connectivity index (χ1) is 10.2. The molecule has 3 rings (SSSR count). The van der Waals surface area contributed by atoms with E-state index in [1.54, 1.807) is 6.07 Å².